The molecule has 4 heteroatoms. The lowest BCUT2D eigenvalue weighted by Gasteiger charge is -2.36. The van der Waals surface area contributed by atoms with Gasteiger partial charge in [-0.2, -0.15) is 0 Å². The highest BCUT2D eigenvalue weighted by Gasteiger charge is 2.17. The molecule has 1 heterocycles. The topological polar surface area (TPSA) is 32.5 Å². The Morgan fingerprint density at radius 3 is 2.29 bits per heavy atom. The van der Waals surface area contributed by atoms with E-state index in [0.717, 1.165) is 26.2 Å². The number of piperazine rings is 1. The highest BCUT2D eigenvalue weighted by molar-refractivity contribution is 7.80. The summed E-state index contributed by atoms with van der Waals surface area (Å²) < 4.78 is 0. The number of rotatable bonds is 1. The van der Waals surface area contributed by atoms with Crippen molar-refractivity contribution in [3.63, 3.8) is 0 Å². The third-order valence-electron chi connectivity index (χ3n) is 3.45. The second kappa shape index (κ2) is 4.92. The molecule has 0 spiro atoms. The summed E-state index contributed by atoms with van der Waals surface area (Å²) in [5, 5.41) is 0.518. The fraction of sp³-hybridized carbons (Fsp3) is 0.462. The zero-order chi connectivity index (χ0) is 12.4. The van der Waals surface area contributed by atoms with Gasteiger partial charge in [-0.25, -0.2) is 0 Å². The van der Waals surface area contributed by atoms with Gasteiger partial charge in [0.2, 0.25) is 0 Å². The van der Waals surface area contributed by atoms with Gasteiger partial charge in [-0.15, -0.1) is 0 Å². The van der Waals surface area contributed by atoms with Crippen LogP contribution in [0.3, 0.4) is 0 Å². The Labute approximate surface area is 108 Å². The number of nitrogens with two attached hydrogens (primary N) is 1. The molecule has 0 saturated carbocycles. The Balaban J connectivity index is 2.05. The number of aryl methyl sites for hydroxylation is 2. The normalized spacial score (nSPS) is 16.1. The van der Waals surface area contributed by atoms with E-state index < -0.39 is 0 Å². The molecule has 3 nitrogen and oxygen atoms in total. The molecule has 0 bridgehead atoms. The second-order valence-corrected chi connectivity index (χ2v) is 5.00. The first-order chi connectivity index (χ1) is 8.08. The average Bonchev–Trinajstić information content (AvgIpc) is 2.33. The van der Waals surface area contributed by atoms with Crippen LogP contribution >= 0.6 is 12.2 Å². The summed E-state index contributed by atoms with van der Waals surface area (Å²) in [4.78, 5) is 4.45. The number of thiocarbonyl (C=S) groups is 1. The minimum atomic E-state index is 0.518. The molecule has 2 rings (SSSR count). The monoisotopic (exact) mass is 249 g/mol. The van der Waals surface area contributed by atoms with E-state index in [1.165, 1.54) is 16.8 Å². The van der Waals surface area contributed by atoms with Crippen LogP contribution in [0.15, 0.2) is 18.2 Å². The fourth-order valence-corrected chi connectivity index (χ4v) is 2.29. The van der Waals surface area contributed by atoms with Gasteiger partial charge in [0.25, 0.3) is 0 Å². The van der Waals surface area contributed by atoms with Gasteiger partial charge < -0.3 is 15.5 Å². The van der Waals surface area contributed by atoms with Crippen LogP contribution in [0.1, 0.15) is 11.1 Å². The number of hydrogen-bond donors (Lipinski definition) is 1. The minimum Gasteiger partial charge on any atom is -0.376 e. The molecule has 0 aromatic heterocycles. The Morgan fingerprint density at radius 2 is 1.76 bits per heavy atom. The van der Waals surface area contributed by atoms with Gasteiger partial charge in [0.05, 0.1) is 0 Å². The first-order valence-electron chi connectivity index (χ1n) is 5.94. The highest BCUT2D eigenvalue weighted by Crippen LogP contribution is 2.20. The van der Waals surface area contributed by atoms with Gasteiger partial charge in [0, 0.05) is 31.9 Å². The molecular weight excluding hydrogens is 230 g/mol. The van der Waals surface area contributed by atoms with E-state index in [4.69, 9.17) is 18.0 Å². The van der Waals surface area contributed by atoms with Gasteiger partial charge in [-0.3, -0.25) is 0 Å². The van der Waals surface area contributed by atoms with Crippen molar-refractivity contribution in [3.8, 4) is 0 Å². The van der Waals surface area contributed by atoms with Crippen LogP contribution in [-0.2, 0) is 0 Å². The minimum absolute atomic E-state index is 0.518. The first kappa shape index (κ1) is 12.2. The van der Waals surface area contributed by atoms with Crippen molar-refractivity contribution in [1.82, 2.24) is 4.90 Å². The van der Waals surface area contributed by atoms with Gasteiger partial charge in [-0.1, -0.05) is 6.07 Å². The molecule has 1 aliphatic heterocycles. The smallest absolute Gasteiger partial charge is 0.166 e. The van der Waals surface area contributed by atoms with Crippen molar-refractivity contribution in [2.75, 3.05) is 31.1 Å². The van der Waals surface area contributed by atoms with E-state index in [9.17, 15) is 0 Å². The van der Waals surface area contributed by atoms with Crippen molar-refractivity contribution in [2.45, 2.75) is 13.8 Å². The molecule has 1 aliphatic rings. The van der Waals surface area contributed by atoms with Crippen LogP contribution < -0.4 is 10.6 Å². The SMILES string of the molecule is Cc1ccc(N2CCN(C(N)=S)CC2)cc1C. The van der Waals surface area contributed by atoms with E-state index >= 15 is 0 Å². The molecule has 0 atom stereocenters. The van der Waals surface area contributed by atoms with Crippen molar-refractivity contribution in [1.29, 1.82) is 0 Å². The molecule has 1 saturated heterocycles. The summed E-state index contributed by atoms with van der Waals surface area (Å²) in [6.45, 7) is 8.11. The third kappa shape index (κ3) is 2.69. The van der Waals surface area contributed by atoms with Crippen LogP contribution in [0.4, 0.5) is 5.69 Å². The molecule has 0 aliphatic carbocycles. The largest absolute Gasteiger partial charge is 0.376 e. The molecule has 1 aromatic carbocycles. The summed E-state index contributed by atoms with van der Waals surface area (Å²) in [5.41, 5.74) is 9.63. The Bertz CT molecular complexity index is 423. The van der Waals surface area contributed by atoms with Crippen LogP contribution in [0.25, 0.3) is 0 Å². The Morgan fingerprint density at radius 1 is 1.12 bits per heavy atom. The number of nitrogens with zero attached hydrogens (tertiary/aromatic N) is 2. The quantitative estimate of drug-likeness (QED) is 0.767. The predicted octanol–water partition coefficient (Wildman–Crippen LogP) is 1.67. The molecule has 2 N–H and O–H groups in total. The lowest BCUT2D eigenvalue weighted by Crippen LogP contribution is -2.50. The number of hydrogen-bond acceptors (Lipinski definition) is 2. The van der Waals surface area contributed by atoms with Crippen molar-refractivity contribution in [3.05, 3.63) is 29.3 Å². The highest BCUT2D eigenvalue weighted by atomic mass is 32.1. The van der Waals surface area contributed by atoms with E-state index in [-0.39, 0.29) is 0 Å². The van der Waals surface area contributed by atoms with E-state index in [1.54, 1.807) is 0 Å². The van der Waals surface area contributed by atoms with Gasteiger partial charge >= 0.3 is 0 Å². The summed E-state index contributed by atoms with van der Waals surface area (Å²) in [7, 11) is 0. The molecule has 17 heavy (non-hydrogen) atoms. The maximum Gasteiger partial charge on any atom is 0.166 e. The second-order valence-electron chi connectivity index (χ2n) is 4.58. The standard InChI is InChI=1S/C13H19N3S/c1-10-3-4-12(9-11(10)2)15-5-7-16(8-6-15)13(14)17/h3-4,9H,5-8H2,1-2H3,(H2,14,17). The molecule has 0 amide bonds. The van der Waals surface area contributed by atoms with Crippen molar-refractivity contribution < 1.29 is 0 Å². The zero-order valence-electron chi connectivity index (χ0n) is 10.4. The lowest BCUT2D eigenvalue weighted by atomic mass is 10.1. The summed E-state index contributed by atoms with van der Waals surface area (Å²) in [6.07, 6.45) is 0. The lowest BCUT2D eigenvalue weighted by molar-refractivity contribution is 0.388. The van der Waals surface area contributed by atoms with Gasteiger partial charge in [0.1, 0.15) is 0 Å². The van der Waals surface area contributed by atoms with Crippen molar-refractivity contribution >= 4 is 23.0 Å². The van der Waals surface area contributed by atoms with E-state index in [0.29, 0.717) is 5.11 Å². The summed E-state index contributed by atoms with van der Waals surface area (Å²) >= 11 is 4.99. The van der Waals surface area contributed by atoms with Crippen LogP contribution in [0.2, 0.25) is 0 Å². The fourth-order valence-electron chi connectivity index (χ4n) is 2.11. The number of benzene rings is 1. The first-order valence-corrected chi connectivity index (χ1v) is 6.35. The molecule has 1 aromatic rings. The predicted molar refractivity (Wildman–Crippen MR) is 76.5 cm³/mol. The zero-order valence-corrected chi connectivity index (χ0v) is 11.3. The van der Waals surface area contributed by atoms with Crippen LogP contribution in [-0.4, -0.2) is 36.2 Å². The average molecular weight is 249 g/mol. The molecule has 0 radical (unpaired) electrons. The maximum absolute atomic E-state index is 5.63. The summed E-state index contributed by atoms with van der Waals surface area (Å²) in [5.74, 6) is 0. The van der Waals surface area contributed by atoms with Gasteiger partial charge in [0.15, 0.2) is 5.11 Å². The Hall–Kier alpha value is -1.29. The Kier molecular flexibility index (Phi) is 3.52. The van der Waals surface area contributed by atoms with Crippen LogP contribution in [0, 0.1) is 13.8 Å². The van der Waals surface area contributed by atoms with E-state index in [2.05, 4.69) is 41.8 Å². The molecule has 1 fully saturated rings. The number of anilines is 1. The van der Waals surface area contributed by atoms with Crippen molar-refractivity contribution in [2.24, 2.45) is 5.73 Å². The van der Waals surface area contributed by atoms with E-state index in [1.807, 2.05) is 0 Å². The van der Waals surface area contributed by atoms with Crippen LogP contribution in [0.5, 0.6) is 0 Å². The molecular formula is C13H19N3S. The molecule has 0 unspecified atom stereocenters. The molecule has 92 valence electrons. The van der Waals surface area contributed by atoms with Gasteiger partial charge in [-0.05, 0) is 49.3 Å². The maximum atomic E-state index is 5.63. The summed E-state index contributed by atoms with van der Waals surface area (Å²) in [6, 6.07) is 6.63. The third-order valence-corrected chi connectivity index (χ3v) is 3.71.